The molecule has 0 radical (unpaired) electrons. The molecule has 0 saturated carbocycles. The molecule has 0 bridgehead atoms. The highest BCUT2D eigenvalue weighted by atomic mass is 19.1. The maximum atomic E-state index is 13.3. The number of aromatic amines is 1. The molecule has 3 rings (SSSR count). The molecule has 0 aliphatic carbocycles. The molecule has 7 heteroatoms. The minimum atomic E-state index is -0.624. The summed E-state index contributed by atoms with van der Waals surface area (Å²) in [6, 6.07) is 9.09. The monoisotopic (exact) mass is 367 g/mol. The van der Waals surface area contributed by atoms with Crippen molar-refractivity contribution >= 4 is 11.7 Å². The van der Waals surface area contributed by atoms with Crippen molar-refractivity contribution in [1.82, 2.24) is 15.2 Å². The largest absolute Gasteiger partial charge is 0.320 e. The highest BCUT2D eigenvalue weighted by molar-refractivity contribution is 6.00. The molecule has 4 N–H and O–H groups in total. The van der Waals surface area contributed by atoms with Gasteiger partial charge in [0.1, 0.15) is 5.82 Å². The van der Waals surface area contributed by atoms with Gasteiger partial charge in [-0.3, -0.25) is 14.9 Å². The van der Waals surface area contributed by atoms with Crippen molar-refractivity contribution < 1.29 is 9.18 Å². The first-order valence-corrected chi connectivity index (χ1v) is 8.77. The number of aromatic nitrogens is 3. The van der Waals surface area contributed by atoms with E-state index in [1.807, 2.05) is 26.0 Å². The molecular weight excluding hydrogens is 345 g/mol. The van der Waals surface area contributed by atoms with E-state index in [1.54, 1.807) is 24.5 Å². The summed E-state index contributed by atoms with van der Waals surface area (Å²) in [5.41, 5.74) is 8.94. The van der Waals surface area contributed by atoms with E-state index >= 15 is 0 Å². The summed E-state index contributed by atoms with van der Waals surface area (Å²) in [4.78, 5) is 16.5. The number of anilines is 1. The van der Waals surface area contributed by atoms with Crippen LogP contribution in [0.2, 0.25) is 0 Å². The molecule has 1 aromatic carbocycles. The van der Waals surface area contributed by atoms with Crippen LogP contribution < -0.4 is 11.1 Å². The van der Waals surface area contributed by atoms with Gasteiger partial charge in [-0.05, 0) is 54.3 Å². The molecule has 1 unspecified atom stereocenters. The van der Waals surface area contributed by atoms with Crippen molar-refractivity contribution in [2.24, 2.45) is 11.7 Å². The Hall–Kier alpha value is -3.06. The maximum absolute atomic E-state index is 13.3. The van der Waals surface area contributed by atoms with Crippen molar-refractivity contribution in [3.8, 4) is 22.4 Å². The lowest BCUT2D eigenvalue weighted by atomic mass is 10.0. The first-order valence-electron chi connectivity index (χ1n) is 8.77. The number of nitrogens with one attached hydrogen (secondary N) is 2. The standard InChI is InChI=1S/C20H22FN5O/c1-12(2)11-16(22)20(27)24-19-17(13-7-9-23-10-8-13)18(25-26-19)14-3-5-15(21)6-4-14/h3-10,12,16H,11,22H2,1-2H3,(H2,24,25,26,27). The van der Waals surface area contributed by atoms with Gasteiger partial charge in [-0.25, -0.2) is 4.39 Å². The Bertz CT molecular complexity index is 906. The van der Waals surface area contributed by atoms with Gasteiger partial charge in [-0.1, -0.05) is 13.8 Å². The Kier molecular flexibility index (Phi) is 5.61. The third-order valence-corrected chi connectivity index (χ3v) is 4.17. The molecule has 140 valence electrons. The van der Waals surface area contributed by atoms with Crippen LogP contribution in [0.25, 0.3) is 22.4 Å². The Morgan fingerprint density at radius 2 is 1.81 bits per heavy atom. The molecule has 2 aromatic heterocycles. The Morgan fingerprint density at radius 1 is 1.15 bits per heavy atom. The summed E-state index contributed by atoms with van der Waals surface area (Å²) >= 11 is 0. The minimum Gasteiger partial charge on any atom is -0.320 e. The summed E-state index contributed by atoms with van der Waals surface area (Å²) in [7, 11) is 0. The average molecular weight is 367 g/mol. The Labute approximate surface area is 157 Å². The Morgan fingerprint density at radius 3 is 2.44 bits per heavy atom. The van der Waals surface area contributed by atoms with Gasteiger partial charge < -0.3 is 11.1 Å². The lowest BCUT2D eigenvalue weighted by Crippen LogP contribution is -2.36. The number of rotatable bonds is 6. The zero-order valence-corrected chi connectivity index (χ0v) is 15.2. The number of nitrogens with zero attached hydrogens (tertiary/aromatic N) is 2. The van der Waals surface area contributed by atoms with Crippen LogP contribution in [0.1, 0.15) is 20.3 Å². The first kappa shape index (κ1) is 18.7. The summed E-state index contributed by atoms with van der Waals surface area (Å²) in [5.74, 6) is 0.0668. The van der Waals surface area contributed by atoms with Crippen molar-refractivity contribution in [2.45, 2.75) is 26.3 Å². The van der Waals surface area contributed by atoms with Crippen LogP contribution in [-0.4, -0.2) is 27.1 Å². The third kappa shape index (κ3) is 4.38. The molecule has 1 atom stereocenters. The molecule has 0 fully saturated rings. The second-order valence-electron chi connectivity index (χ2n) is 6.79. The van der Waals surface area contributed by atoms with Gasteiger partial charge in [-0.15, -0.1) is 0 Å². The highest BCUT2D eigenvalue weighted by Gasteiger charge is 2.21. The number of carbonyl (C=O) groups is 1. The van der Waals surface area contributed by atoms with Crippen molar-refractivity contribution in [3.63, 3.8) is 0 Å². The predicted molar refractivity (Wildman–Crippen MR) is 103 cm³/mol. The van der Waals surface area contributed by atoms with Gasteiger partial charge in [-0.2, -0.15) is 5.10 Å². The van der Waals surface area contributed by atoms with E-state index < -0.39 is 6.04 Å². The number of carbonyl (C=O) groups excluding carboxylic acids is 1. The fourth-order valence-corrected chi connectivity index (χ4v) is 2.88. The van der Waals surface area contributed by atoms with Crippen molar-refractivity contribution in [3.05, 3.63) is 54.6 Å². The quantitative estimate of drug-likeness (QED) is 0.620. The topological polar surface area (TPSA) is 96.7 Å². The third-order valence-electron chi connectivity index (χ3n) is 4.17. The second-order valence-corrected chi connectivity index (χ2v) is 6.79. The van der Waals surface area contributed by atoms with Gasteiger partial charge >= 0.3 is 0 Å². The van der Waals surface area contributed by atoms with Gasteiger partial charge in [0.05, 0.1) is 17.3 Å². The van der Waals surface area contributed by atoms with Crippen molar-refractivity contribution in [1.29, 1.82) is 0 Å². The molecular formula is C20H22FN5O. The molecule has 0 saturated heterocycles. The SMILES string of the molecule is CC(C)CC(N)C(=O)Nc1n[nH]c(-c2ccc(F)cc2)c1-c1ccncc1. The van der Waals surface area contributed by atoms with Crippen LogP contribution >= 0.6 is 0 Å². The number of halogens is 1. The lowest BCUT2D eigenvalue weighted by Gasteiger charge is -2.14. The van der Waals surface area contributed by atoms with Gasteiger partial charge in [0.15, 0.2) is 5.82 Å². The number of benzene rings is 1. The minimum absolute atomic E-state index is 0.295. The van der Waals surface area contributed by atoms with E-state index in [4.69, 9.17) is 5.73 Å². The van der Waals surface area contributed by atoms with E-state index in [0.717, 1.165) is 11.1 Å². The molecule has 1 amide bonds. The molecule has 27 heavy (non-hydrogen) atoms. The number of nitrogens with two attached hydrogens (primary N) is 1. The van der Waals surface area contributed by atoms with Gasteiger partial charge in [0.25, 0.3) is 0 Å². The number of pyridine rings is 1. The van der Waals surface area contributed by atoms with E-state index in [9.17, 15) is 9.18 Å². The first-order chi connectivity index (χ1) is 13.0. The number of hydrogen-bond donors (Lipinski definition) is 3. The fraction of sp³-hybridized carbons (Fsp3) is 0.250. The summed E-state index contributed by atoms with van der Waals surface area (Å²) in [5, 5.41) is 10.0. The Balaban J connectivity index is 1.99. The van der Waals surface area contributed by atoms with Crippen LogP contribution in [-0.2, 0) is 4.79 Å². The number of amides is 1. The van der Waals surface area contributed by atoms with E-state index in [-0.39, 0.29) is 11.7 Å². The zero-order chi connectivity index (χ0) is 19.4. The maximum Gasteiger partial charge on any atom is 0.242 e. The number of hydrogen-bond acceptors (Lipinski definition) is 4. The zero-order valence-electron chi connectivity index (χ0n) is 15.2. The van der Waals surface area contributed by atoms with Crippen LogP contribution in [0.4, 0.5) is 10.2 Å². The van der Waals surface area contributed by atoms with E-state index in [1.165, 1.54) is 12.1 Å². The van der Waals surface area contributed by atoms with Crippen molar-refractivity contribution in [2.75, 3.05) is 5.32 Å². The van der Waals surface area contributed by atoms with Crippen LogP contribution in [0.15, 0.2) is 48.8 Å². The fourth-order valence-electron chi connectivity index (χ4n) is 2.88. The normalized spacial score (nSPS) is 12.2. The summed E-state index contributed by atoms with van der Waals surface area (Å²) < 4.78 is 13.3. The van der Waals surface area contributed by atoms with Crippen LogP contribution in [0.3, 0.4) is 0 Å². The molecule has 6 nitrogen and oxygen atoms in total. The average Bonchev–Trinajstić information content (AvgIpc) is 3.06. The highest BCUT2D eigenvalue weighted by Crippen LogP contribution is 2.36. The predicted octanol–water partition coefficient (Wildman–Crippen LogP) is 3.59. The molecule has 0 aliphatic rings. The van der Waals surface area contributed by atoms with Crippen LogP contribution in [0.5, 0.6) is 0 Å². The second kappa shape index (κ2) is 8.09. The molecule has 0 aliphatic heterocycles. The van der Waals surface area contributed by atoms with Gasteiger partial charge in [0, 0.05) is 18.0 Å². The van der Waals surface area contributed by atoms with E-state index in [2.05, 4.69) is 20.5 Å². The molecule has 0 spiro atoms. The smallest absolute Gasteiger partial charge is 0.242 e. The van der Waals surface area contributed by atoms with Gasteiger partial charge in [0.2, 0.25) is 5.91 Å². The summed E-state index contributed by atoms with van der Waals surface area (Å²) in [6.45, 7) is 4.02. The molecule has 2 heterocycles. The summed E-state index contributed by atoms with van der Waals surface area (Å²) in [6.07, 6.45) is 3.89. The molecule has 3 aromatic rings. The van der Waals surface area contributed by atoms with E-state index in [0.29, 0.717) is 29.4 Å². The number of H-pyrrole nitrogens is 1. The van der Waals surface area contributed by atoms with Crippen LogP contribution in [0, 0.1) is 11.7 Å². The lowest BCUT2D eigenvalue weighted by molar-refractivity contribution is -0.117.